The molecule has 0 aromatic rings. The van der Waals surface area contributed by atoms with Gasteiger partial charge in [-0.15, -0.1) is 0 Å². The summed E-state index contributed by atoms with van der Waals surface area (Å²) < 4.78 is 5.48. The Labute approximate surface area is 85.2 Å². The third kappa shape index (κ3) is 2.96. The first-order valence-electron chi connectivity index (χ1n) is 5.27. The van der Waals surface area contributed by atoms with Gasteiger partial charge in [0.25, 0.3) is 0 Å². The van der Waals surface area contributed by atoms with Crippen LogP contribution in [0.5, 0.6) is 0 Å². The molecule has 3 N–H and O–H groups in total. The SMILES string of the molecule is CC(CN)C(=O)NC(C)C1CCCO1. The number of ether oxygens (including phenoxy) is 1. The van der Waals surface area contributed by atoms with E-state index in [1.54, 1.807) is 0 Å². The number of amides is 1. The maximum Gasteiger partial charge on any atom is 0.224 e. The van der Waals surface area contributed by atoms with Crippen LogP contribution in [0, 0.1) is 5.92 Å². The minimum absolute atomic E-state index is 0.0236. The van der Waals surface area contributed by atoms with Gasteiger partial charge in [0, 0.05) is 19.1 Å². The van der Waals surface area contributed by atoms with Crippen LogP contribution >= 0.6 is 0 Å². The molecule has 1 saturated heterocycles. The van der Waals surface area contributed by atoms with Crippen molar-refractivity contribution < 1.29 is 9.53 Å². The Morgan fingerprint density at radius 3 is 2.86 bits per heavy atom. The van der Waals surface area contributed by atoms with Gasteiger partial charge >= 0.3 is 0 Å². The predicted octanol–water partition coefficient (Wildman–Crippen LogP) is 0.265. The molecule has 4 nitrogen and oxygen atoms in total. The first-order valence-corrected chi connectivity index (χ1v) is 5.27. The molecule has 1 aliphatic heterocycles. The highest BCUT2D eigenvalue weighted by Gasteiger charge is 2.24. The average Bonchev–Trinajstić information content (AvgIpc) is 2.69. The molecule has 1 rings (SSSR count). The van der Waals surface area contributed by atoms with E-state index in [2.05, 4.69) is 5.32 Å². The average molecular weight is 200 g/mol. The van der Waals surface area contributed by atoms with Crippen molar-refractivity contribution in [1.29, 1.82) is 0 Å². The number of carbonyl (C=O) groups is 1. The van der Waals surface area contributed by atoms with Gasteiger partial charge in [0.1, 0.15) is 0 Å². The fraction of sp³-hybridized carbons (Fsp3) is 0.900. The fourth-order valence-corrected chi connectivity index (χ4v) is 1.56. The van der Waals surface area contributed by atoms with Gasteiger partial charge in [-0.1, -0.05) is 6.92 Å². The van der Waals surface area contributed by atoms with Crippen LogP contribution in [0.1, 0.15) is 26.7 Å². The third-order valence-corrected chi connectivity index (χ3v) is 2.69. The number of carbonyl (C=O) groups excluding carboxylic acids is 1. The lowest BCUT2D eigenvalue weighted by Gasteiger charge is -2.21. The molecular weight excluding hydrogens is 180 g/mol. The summed E-state index contributed by atoms with van der Waals surface area (Å²) in [6.07, 6.45) is 2.32. The summed E-state index contributed by atoms with van der Waals surface area (Å²) in [6.45, 7) is 5.02. The van der Waals surface area contributed by atoms with E-state index in [0.29, 0.717) is 6.54 Å². The van der Waals surface area contributed by atoms with Crippen molar-refractivity contribution in [3.63, 3.8) is 0 Å². The number of hydrogen-bond acceptors (Lipinski definition) is 3. The van der Waals surface area contributed by atoms with Gasteiger partial charge in [-0.25, -0.2) is 0 Å². The molecule has 0 aliphatic carbocycles. The van der Waals surface area contributed by atoms with E-state index in [-0.39, 0.29) is 24.0 Å². The largest absolute Gasteiger partial charge is 0.376 e. The molecule has 0 bridgehead atoms. The highest BCUT2D eigenvalue weighted by molar-refractivity contribution is 5.78. The normalized spacial score (nSPS) is 25.8. The molecule has 3 atom stereocenters. The Balaban J connectivity index is 2.31. The van der Waals surface area contributed by atoms with Crippen LogP contribution in [0.2, 0.25) is 0 Å². The lowest BCUT2D eigenvalue weighted by molar-refractivity contribution is -0.125. The second-order valence-corrected chi connectivity index (χ2v) is 3.99. The zero-order chi connectivity index (χ0) is 10.6. The zero-order valence-electron chi connectivity index (χ0n) is 8.95. The van der Waals surface area contributed by atoms with Crippen LogP contribution in [0.15, 0.2) is 0 Å². The molecule has 4 heteroatoms. The first kappa shape index (κ1) is 11.5. The summed E-state index contributed by atoms with van der Waals surface area (Å²) in [5, 5.41) is 2.93. The van der Waals surface area contributed by atoms with Crippen LogP contribution < -0.4 is 11.1 Å². The minimum Gasteiger partial charge on any atom is -0.376 e. The van der Waals surface area contributed by atoms with Gasteiger partial charge in [0.05, 0.1) is 12.1 Å². The van der Waals surface area contributed by atoms with E-state index in [1.165, 1.54) is 0 Å². The fourth-order valence-electron chi connectivity index (χ4n) is 1.56. The summed E-state index contributed by atoms with van der Waals surface area (Å²) in [5.74, 6) is -0.0886. The minimum atomic E-state index is -0.112. The van der Waals surface area contributed by atoms with Crippen molar-refractivity contribution in [2.75, 3.05) is 13.2 Å². The number of nitrogens with two attached hydrogens (primary N) is 1. The molecule has 1 fully saturated rings. The topological polar surface area (TPSA) is 64.4 Å². The second-order valence-electron chi connectivity index (χ2n) is 3.99. The second kappa shape index (κ2) is 5.32. The standard InChI is InChI=1S/C10H20N2O2/c1-7(6-11)10(13)12-8(2)9-4-3-5-14-9/h7-9H,3-6,11H2,1-2H3,(H,12,13). The lowest BCUT2D eigenvalue weighted by atomic mass is 10.1. The lowest BCUT2D eigenvalue weighted by Crippen LogP contribution is -2.44. The maximum atomic E-state index is 11.5. The van der Waals surface area contributed by atoms with E-state index in [9.17, 15) is 4.79 Å². The highest BCUT2D eigenvalue weighted by atomic mass is 16.5. The molecule has 82 valence electrons. The Morgan fingerprint density at radius 1 is 1.64 bits per heavy atom. The predicted molar refractivity (Wildman–Crippen MR) is 54.8 cm³/mol. The molecule has 0 aromatic carbocycles. The van der Waals surface area contributed by atoms with Gasteiger partial charge in [-0.05, 0) is 19.8 Å². The highest BCUT2D eigenvalue weighted by Crippen LogP contribution is 2.15. The molecule has 1 heterocycles. The van der Waals surface area contributed by atoms with E-state index in [0.717, 1.165) is 19.4 Å². The maximum absolute atomic E-state index is 11.5. The Kier molecular flexibility index (Phi) is 4.35. The van der Waals surface area contributed by atoms with Crippen molar-refractivity contribution in [3.8, 4) is 0 Å². The van der Waals surface area contributed by atoms with Gasteiger partial charge in [-0.3, -0.25) is 4.79 Å². The summed E-state index contributed by atoms with van der Waals surface area (Å²) in [6, 6.07) is 0.0963. The van der Waals surface area contributed by atoms with Crippen molar-refractivity contribution in [2.45, 2.75) is 38.8 Å². The number of rotatable bonds is 4. The summed E-state index contributed by atoms with van der Waals surface area (Å²) in [5.41, 5.74) is 5.41. The molecule has 1 amide bonds. The van der Waals surface area contributed by atoms with Crippen molar-refractivity contribution >= 4 is 5.91 Å². The molecule has 0 spiro atoms. The molecular formula is C10H20N2O2. The molecule has 1 aliphatic rings. The van der Waals surface area contributed by atoms with Gasteiger partial charge in [0.15, 0.2) is 0 Å². The van der Waals surface area contributed by atoms with Crippen LogP contribution in [-0.4, -0.2) is 31.2 Å². The van der Waals surface area contributed by atoms with Crippen molar-refractivity contribution in [3.05, 3.63) is 0 Å². The monoisotopic (exact) mass is 200 g/mol. The van der Waals surface area contributed by atoms with Crippen LogP contribution in [0.4, 0.5) is 0 Å². The van der Waals surface area contributed by atoms with Gasteiger partial charge < -0.3 is 15.8 Å². The Hall–Kier alpha value is -0.610. The molecule has 0 saturated carbocycles. The molecule has 14 heavy (non-hydrogen) atoms. The molecule has 0 aromatic heterocycles. The summed E-state index contributed by atoms with van der Waals surface area (Å²) >= 11 is 0. The van der Waals surface area contributed by atoms with Gasteiger partial charge in [0.2, 0.25) is 5.91 Å². The van der Waals surface area contributed by atoms with E-state index < -0.39 is 0 Å². The van der Waals surface area contributed by atoms with E-state index in [1.807, 2.05) is 13.8 Å². The summed E-state index contributed by atoms with van der Waals surface area (Å²) in [7, 11) is 0. The Morgan fingerprint density at radius 2 is 2.36 bits per heavy atom. The van der Waals surface area contributed by atoms with Crippen molar-refractivity contribution in [1.82, 2.24) is 5.32 Å². The van der Waals surface area contributed by atoms with Crippen LogP contribution in [0.25, 0.3) is 0 Å². The zero-order valence-corrected chi connectivity index (χ0v) is 8.95. The van der Waals surface area contributed by atoms with E-state index >= 15 is 0 Å². The molecule has 3 unspecified atom stereocenters. The summed E-state index contributed by atoms with van der Waals surface area (Å²) in [4.78, 5) is 11.5. The Bertz CT molecular complexity index is 191. The number of hydrogen-bond donors (Lipinski definition) is 2. The van der Waals surface area contributed by atoms with Gasteiger partial charge in [-0.2, -0.15) is 0 Å². The van der Waals surface area contributed by atoms with Crippen LogP contribution in [-0.2, 0) is 9.53 Å². The van der Waals surface area contributed by atoms with Crippen LogP contribution in [0.3, 0.4) is 0 Å². The number of nitrogens with one attached hydrogen (secondary N) is 1. The molecule has 0 radical (unpaired) electrons. The van der Waals surface area contributed by atoms with E-state index in [4.69, 9.17) is 10.5 Å². The smallest absolute Gasteiger partial charge is 0.224 e. The quantitative estimate of drug-likeness (QED) is 0.684. The third-order valence-electron chi connectivity index (χ3n) is 2.69. The first-order chi connectivity index (χ1) is 6.65. The van der Waals surface area contributed by atoms with Crippen molar-refractivity contribution in [2.24, 2.45) is 11.7 Å².